The van der Waals surface area contributed by atoms with Crippen LogP contribution in [0.15, 0.2) is 47.2 Å². The molecule has 1 N–H and O–H groups in total. The molecular weight excluding hydrogens is 344 g/mol. The van der Waals surface area contributed by atoms with Gasteiger partial charge < -0.3 is 5.32 Å². The smallest absolute Gasteiger partial charge is 0.226 e. The van der Waals surface area contributed by atoms with Crippen molar-refractivity contribution in [2.24, 2.45) is 0 Å². The fourth-order valence-corrected chi connectivity index (χ4v) is 2.74. The molecule has 0 radical (unpaired) electrons. The minimum atomic E-state index is -0.0517. The van der Waals surface area contributed by atoms with Gasteiger partial charge in [0, 0.05) is 40.9 Å². The van der Waals surface area contributed by atoms with E-state index in [9.17, 15) is 4.79 Å². The first-order valence-corrected chi connectivity index (χ1v) is 7.76. The van der Waals surface area contributed by atoms with Crippen LogP contribution < -0.4 is 5.32 Å². The molecule has 22 heavy (non-hydrogen) atoms. The normalized spacial score (nSPS) is 10.8. The average molecular weight is 359 g/mol. The first-order chi connectivity index (χ1) is 10.6. The highest BCUT2D eigenvalue weighted by Gasteiger charge is 2.09. The molecule has 0 atom stereocenters. The quantitative estimate of drug-likeness (QED) is 0.775. The molecule has 3 aromatic rings. The van der Waals surface area contributed by atoms with Crippen LogP contribution in [0, 0.1) is 6.92 Å². The van der Waals surface area contributed by atoms with E-state index in [4.69, 9.17) is 0 Å². The number of hydrogen-bond donors (Lipinski definition) is 1. The van der Waals surface area contributed by atoms with Crippen molar-refractivity contribution in [3.8, 4) is 0 Å². The van der Waals surface area contributed by atoms with Crippen LogP contribution in [0.1, 0.15) is 12.1 Å². The molecule has 6 heteroatoms. The third-order valence-electron chi connectivity index (χ3n) is 3.47. The molecule has 0 spiro atoms. The summed E-state index contributed by atoms with van der Waals surface area (Å²) in [5.41, 5.74) is 2.55. The zero-order valence-electron chi connectivity index (χ0n) is 12.1. The Balaban J connectivity index is 1.74. The predicted molar refractivity (Wildman–Crippen MR) is 89.7 cm³/mol. The van der Waals surface area contributed by atoms with E-state index < -0.39 is 0 Å². The van der Waals surface area contributed by atoms with Gasteiger partial charge in [0.2, 0.25) is 5.91 Å². The number of aromatic nitrogens is 3. The number of halogens is 1. The van der Waals surface area contributed by atoms with Gasteiger partial charge in [0.15, 0.2) is 0 Å². The summed E-state index contributed by atoms with van der Waals surface area (Å²) >= 11 is 3.50. The standard InChI is InChI=1S/C16H15BrN4O/c1-11-6-9-19-21(11)10-7-15(22)20-14-5-4-13(17)12-3-2-8-18-16(12)14/h2-6,8-9H,7,10H2,1H3,(H,20,22). The number of nitrogens with one attached hydrogen (secondary N) is 1. The lowest BCUT2D eigenvalue weighted by molar-refractivity contribution is -0.116. The van der Waals surface area contributed by atoms with Crippen LogP contribution >= 0.6 is 15.9 Å². The van der Waals surface area contributed by atoms with Gasteiger partial charge in [-0.25, -0.2) is 0 Å². The molecule has 3 rings (SSSR count). The van der Waals surface area contributed by atoms with Gasteiger partial charge in [-0.05, 0) is 31.2 Å². The Labute approximate surface area is 136 Å². The molecule has 2 heterocycles. The van der Waals surface area contributed by atoms with Crippen molar-refractivity contribution in [1.29, 1.82) is 0 Å². The zero-order chi connectivity index (χ0) is 15.5. The topological polar surface area (TPSA) is 59.8 Å². The van der Waals surface area contributed by atoms with Gasteiger partial charge in [-0.2, -0.15) is 5.10 Å². The summed E-state index contributed by atoms with van der Waals surface area (Å²) in [6.07, 6.45) is 3.82. The molecule has 1 amide bonds. The molecule has 0 aliphatic heterocycles. The number of carbonyl (C=O) groups excluding carboxylic acids is 1. The predicted octanol–water partition coefficient (Wildman–Crippen LogP) is 3.53. The van der Waals surface area contributed by atoms with Crippen molar-refractivity contribution in [3.05, 3.63) is 52.9 Å². The Bertz CT molecular complexity index is 828. The van der Waals surface area contributed by atoms with Crippen molar-refractivity contribution in [1.82, 2.24) is 14.8 Å². The molecule has 5 nitrogen and oxygen atoms in total. The summed E-state index contributed by atoms with van der Waals surface area (Å²) in [5.74, 6) is -0.0517. The second-order valence-corrected chi connectivity index (χ2v) is 5.84. The van der Waals surface area contributed by atoms with Crippen molar-refractivity contribution in [3.63, 3.8) is 0 Å². The van der Waals surface area contributed by atoms with Crippen molar-refractivity contribution in [2.75, 3.05) is 5.32 Å². The first kappa shape index (κ1) is 14.7. The Morgan fingerprint density at radius 1 is 1.27 bits per heavy atom. The molecule has 0 aliphatic carbocycles. The third kappa shape index (κ3) is 3.01. The van der Waals surface area contributed by atoms with E-state index in [-0.39, 0.29) is 5.91 Å². The maximum absolute atomic E-state index is 12.2. The number of fused-ring (bicyclic) bond motifs is 1. The highest BCUT2D eigenvalue weighted by molar-refractivity contribution is 9.10. The van der Waals surface area contributed by atoms with Crippen LogP contribution in [0.4, 0.5) is 5.69 Å². The van der Waals surface area contributed by atoms with Gasteiger partial charge in [0.1, 0.15) is 0 Å². The fraction of sp³-hybridized carbons (Fsp3) is 0.188. The molecule has 0 saturated heterocycles. The second-order valence-electron chi connectivity index (χ2n) is 4.99. The Morgan fingerprint density at radius 3 is 2.91 bits per heavy atom. The summed E-state index contributed by atoms with van der Waals surface area (Å²) in [4.78, 5) is 16.5. The minimum Gasteiger partial charge on any atom is -0.324 e. The Kier molecular flexibility index (Phi) is 4.20. The number of anilines is 1. The molecule has 2 aromatic heterocycles. The number of benzene rings is 1. The molecule has 0 fully saturated rings. The number of amides is 1. The lowest BCUT2D eigenvalue weighted by Crippen LogP contribution is -2.15. The lowest BCUT2D eigenvalue weighted by atomic mass is 10.2. The molecule has 0 aliphatic rings. The first-order valence-electron chi connectivity index (χ1n) is 6.96. The Morgan fingerprint density at radius 2 is 2.14 bits per heavy atom. The van der Waals surface area contributed by atoms with E-state index in [2.05, 4.69) is 31.3 Å². The molecular formula is C16H15BrN4O. The van der Waals surface area contributed by atoms with Crippen molar-refractivity contribution in [2.45, 2.75) is 19.9 Å². The summed E-state index contributed by atoms with van der Waals surface area (Å²) in [6.45, 7) is 2.53. The Hall–Kier alpha value is -2.21. The minimum absolute atomic E-state index is 0.0517. The van der Waals surface area contributed by atoms with Gasteiger partial charge in [0.25, 0.3) is 0 Å². The number of hydrogen-bond acceptors (Lipinski definition) is 3. The highest BCUT2D eigenvalue weighted by Crippen LogP contribution is 2.28. The van der Waals surface area contributed by atoms with E-state index in [1.165, 1.54) is 0 Å². The monoisotopic (exact) mass is 358 g/mol. The third-order valence-corrected chi connectivity index (χ3v) is 4.16. The average Bonchev–Trinajstić information content (AvgIpc) is 2.94. The van der Waals surface area contributed by atoms with Crippen LogP contribution in [0.3, 0.4) is 0 Å². The van der Waals surface area contributed by atoms with Gasteiger partial charge in [-0.15, -0.1) is 0 Å². The van der Waals surface area contributed by atoms with E-state index in [0.29, 0.717) is 13.0 Å². The summed E-state index contributed by atoms with van der Waals surface area (Å²) < 4.78 is 2.78. The highest BCUT2D eigenvalue weighted by atomic mass is 79.9. The number of nitrogens with zero attached hydrogens (tertiary/aromatic N) is 3. The van der Waals surface area contributed by atoms with Crippen LogP contribution in [0.2, 0.25) is 0 Å². The number of carbonyl (C=O) groups is 1. The number of aryl methyl sites for hydroxylation is 2. The number of rotatable bonds is 4. The fourth-order valence-electron chi connectivity index (χ4n) is 2.29. The number of pyridine rings is 1. The van der Waals surface area contributed by atoms with Gasteiger partial charge in [-0.3, -0.25) is 14.5 Å². The SMILES string of the molecule is Cc1ccnn1CCC(=O)Nc1ccc(Br)c2cccnc12. The molecule has 1 aromatic carbocycles. The van der Waals surface area contributed by atoms with Crippen LogP contribution in [-0.2, 0) is 11.3 Å². The maximum Gasteiger partial charge on any atom is 0.226 e. The van der Waals surface area contributed by atoms with E-state index in [1.54, 1.807) is 12.4 Å². The lowest BCUT2D eigenvalue weighted by Gasteiger charge is -2.09. The summed E-state index contributed by atoms with van der Waals surface area (Å²) in [7, 11) is 0. The van der Waals surface area contributed by atoms with Crippen LogP contribution in [0.5, 0.6) is 0 Å². The molecule has 0 bridgehead atoms. The van der Waals surface area contributed by atoms with Gasteiger partial charge >= 0.3 is 0 Å². The summed E-state index contributed by atoms with van der Waals surface area (Å²) in [6, 6.07) is 9.53. The van der Waals surface area contributed by atoms with Crippen LogP contribution in [-0.4, -0.2) is 20.7 Å². The van der Waals surface area contributed by atoms with Crippen molar-refractivity contribution < 1.29 is 4.79 Å². The maximum atomic E-state index is 12.2. The molecule has 112 valence electrons. The molecule has 0 unspecified atom stereocenters. The van der Waals surface area contributed by atoms with E-state index in [1.807, 2.05) is 41.9 Å². The van der Waals surface area contributed by atoms with E-state index in [0.717, 1.165) is 26.8 Å². The van der Waals surface area contributed by atoms with Crippen LogP contribution in [0.25, 0.3) is 10.9 Å². The van der Waals surface area contributed by atoms with Gasteiger partial charge in [-0.1, -0.05) is 22.0 Å². The van der Waals surface area contributed by atoms with Crippen molar-refractivity contribution >= 4 is 38.4 Å². The second kappa shape index (κ2) is 6.27. The van der Waals surface area contributed by atoms with Gasteiger partial charge in [0.05, 0.1) is 11.2 Å². The summed E-state index contributed by atoms with van der Waals surface area (Å²) in [5, 5.41) is 8.08. The van der Waals surface area contributed by atoms with E-state index >= 15 is 0 Å². The molecule has 0 saturated carbocycles. The zero-order valence-corrected chi connectivity index (χ0v) is 13.7. The largest absolute Gasteiger partial charge is 0.324 e.